The summed E-state index contributed by atoms with van der Waals surface area (Å²) in [6.07, 6.45) is 8.20. The molecule has 1 aliphatic rings. The maximum absolute atomic E-state index is 13.8. The number of amides is 1. The summed E-state index contributed by atoms with van der Waals surface area (Å²) >= 11 is 2.86. The van der Waals surface area contributed by atoms with E-state index in [4.69, 9.17) is 4.98 Å². The number of aryl methyl sites for hydroxylation is 1. The molecule has 0 bridgehead atoms. The van der Waals surface area contributed by atoms with Crippen LogP contribution in [0.1, 0.15) is 29.3 Å². The lowest BCUT2D eigenvalue weighted by molar-refractivity contribution is -0.118. The predicted octanol–water partition coefficient (Wildman–Crippen LogP) is 5.48. The molecule has 2 aromatic carbocycles. The predicted molar refractivity (Wildman–Crippen MR) is 149 cm³/mol. The largest absolute Gasteiger partial charge is 0.272 e. The van der Waals surface area contributed by atoms with Gasteiger partial charge in [0.25, 0.3) is 11.5 Å². The molecule has 1 aliphatic carbocycles. The molecular weight excluding hydrogens is 488 g/mol. The first-order valence-electron chi connectivity index (χ1n) is 11.9. The number of allylic oxidation sites excluding steroid dienone is 1. The van der Waals surface area contributed by atoms with Gasteiger partial charge in [-0.2, -0.15) is 5.10 Å². The third-order valence-electron chi connectivity index (χ3n) is 6.08. The maximum Gasteiger partial charge on any atom is 0.267 e. The second kappa shape index (κ2) is 11.1. The van der Waals surface area contributed by atoms with Crippen molar-refractivity contribution < 1.29 is 4.79 Å². The quantitative estimate of drug-likeness (QED) is 0.153. The smallest absolute Gasteiger partial charge is 0.267 e. The van der Waals surface area contributed by atoms with Gasteiger partial charge in [-0.05, 0) is 54.5 Å². The molecule has 0 saturated carbocycles. The van der Waals surface area contributed by atoms with Crippen molar-refractivity contribution >= 4 is 51.5 Å². The Morgan fingerprint density at radius 1 is 1.19 bits per heavy atom. The number of para-hydroxylation sites is 1. The van der Waals surface area contributed by atoms with Gasteiger partial charge in [-0.15, -0.1) is 11.3 Å². The van der Waals surface area contributed by atoms with E-state index in [1.165, 1.54) is 22.9 Å². The van der Waals surface area contributed by atoms with E-state index in [-0.39, 0.29) is 17.2 Å². The van der Waals surface area contributed by atoms with Gasteiger partial charge in [-0.25, -0.2) is 10.4 Å². The molecule has 36 heavy (non-hydrogen) atoms. The highest BCUT2D eigenvalue weighted by Crippen LogP contribution is 2.37. The Balaban J connectivity index is 1.36. The van der Waals surface area contributed by atoms with Crippen LogP contribution in [0.2, 0.25) is 0 Å². The fourth-order valence-corrected chi connectivity index (χ4v) is 6.53. The molecule has 6 nitrogen and oxygen atoms in total. The number of carbonyl (C=O) groups excluding carboxylic acids is 1. The van der Waals surface area contributed by atoms with Gasteiger partial charge in [0, 0.05) is 11.1 Å². The molecule has 2 aromatic heterocycles. The third-order valence-corrected chi connectivity index (χ3v) is 8.17. The topological polar surface area (TPSA) is 76.3 Å². The molecule has 2 heterocycles. The lowest BCUT2D eigenvalue weighted by Gasteiger charge is -2.17. The molecule has 0 spiro atoms. The van der Waals surface area contributed by atoms with Crippen LogP contribution in [0.25, 0.3) is 22.0 Å². The molecular formula is C28H26N4O2S2. The highest BCUT2D eigenvalue weighted by Gasteiger charge is 2.25. The van der Waals surface area contributed by atoms with E-state index < -0.39 is 0 Å². The van der Waals surface area contributed by atoms with Gasteiger partial charge in [-0.1, -0.05) is 73.3 Å². The van der Waals surface area contributed by atoms with Gasteiger partial charge in [0.15, 0.2) is 5.16 Å². The first-order chi connectivity index (χ1) is 17.6. The van der Waals surface area contributed by atoms with Crippen LogP contribution in [0.4, 0.5) is 0 Å². The number of fused-ring (bicyclic) bond motifs is 3. The number of hydrogen-bond acceptors (Lipinski definition) is 6. The number of carbonyl (C=O) groups is 1. The first-order valence-corrected chi connectivity index (χ1v) is 13.7. The van der Waals surface area contributed by atoms with Crippen LogP contribution >= 0.6 is 23.1 Å². The van der Waals surface area contributed by atoms with E-state index in [0.717, 1.165) is 46.3 Å². The minimum atomic E-state index is -0.266. The van der Waals surface area contributed by atoms with Crippen LogP contribution in [0.5, 0.6) is 0 Å². The van der Waals surface area contributed by atoms with E-state index in [2.05, 4.69) is 17.5 Å². The number of nitrogens with zero attached hydrogens (tertiary/aromatic N) is 3. The average Bonchev–Trinajstić information content (AvgIpc) is 3.26. The number of aromatic nitrogens is 2. The fourth-order valence-electron chi connectivity index (χ4n) is 4.31. The summed E-state index contributed by atoms with van der Waals surface area (Å²) in [4.78, 5) is 33.1. The molecule has 5 rings (SSSR count). The van der Waals surface area contributed by atoms with Crippen LogP contribution in [-0.2, 0) is 17.6 Å². The van der Waals surface area contributed by atoms with Crippen molar-refractivity contribution in [2.75, 3.05) is 5.75 Å². The van der Waals surface area contributed by atoms with Crippen molar-refractivity contribution in [1.29, 1.82) is 0 Å². The van der Waals surface area contributed by atoms with Crippen LogP contribution in [0.3, 0.4) is 0 Å². The van der Waals surface area contributed by atoms with Crippen LogP contribution in [0, 0.1) is 5.92 Å². The van der Waals surface area contributed by atoms with E-state index in [1.54, 1.807) is 22.0 Å². The summed E-state index contributed by atoms with van der Waals surface area (Å²) < 4.78 is 1.64. The van der Waals surface area contributed by atoms with E-state index in [1.807, 2.05) is 66.7 Å². The Morgan fingerprint density at radius 2 is 1.94 bits per heavy atom. The molecule has 0 radical (unpaired) electrons. The Bertz CT molecular complexity index is 1490. The molecule has 4 aromatic rings. The SMILES string of the molecule is CC1CCc2c(sc3nc(SCC(=O)N/N=C/C=C/c4ccccc4)n(-c4ccccc4)c(=O)c23)C1. The Labute approximate surface area is 217 Å². The zero-order valence-electron chi connectivity index (χ0n) is 19.9. The summed E-state index contributed by atoms with van der Waals surface area (Å²) in [5.41, 5.74) is 5.43. The number of hydrogen-bond donors (Lipinski definition) is 1. The molecule has 8 heteroatoms. The van der Waals surface area contributed by atoms with Crippen molar-refractivity contribution in [2.45, 2.75) is 31.3 Å². The van der Waals surface area contributed by atoms with Crippen LogP contribution in [-0.4, -0.2) is 27.4 Å². The summed E-state index contributed by atoms with van der Waals surface area (Å²) in [6.45, 7) is 2.25. The second-order valence-corrected chi connectivity index (χ2v) is 10.8. The molecule has 1 atom stereocenters. The van der Waals surface area contributed by atoms with Crippen molar-refractivity contribution in [3.8, 4) is 5.69 Å². The number of benzene rings is 2. The summed E-state index contributed by atoms with van der Waals surface area (Å²) in [6, 6.07) is 19.3. The van der Waals surface area contributed by atoms with Gasteiger partial charge in [0.1, 0.15) is 4.83 Å². The molecule has 0 saturated heterocycles. The van der Waals surface area contributed by atoms with Crippen molar-refractivity contribution in [2.24, 2.45) is 11.0 Å². The summed E-state index contributed by atoms with van der Waals surface area (Å²) in [5.74, 6) is 0.437. The lowest BCUT2D eigenvalue weighted by atomic mass is 9.89. The molecule has 182 valence electrons. The molecule has 1 unspecified atom stereocenters. The summed E-state index contributed by atoms with van der Waals surface area (Å²) in [7, 11) is 0. The molecule has 0 aliphatic heterocycles. The highest BCUT2D eigenvalue weighted by molar-refractivity contribution is 7.99. The summed E-state index contributed by atoms with van der Waals surface area (Å²) in [5, 5.41) is 5.22. The van der Waals surface area contributed by atoms with E-state index in [0.29, 0.717) is 11.1 Å². The van der Waals surface area contributed by atoms with Crippen molar-refractivity contribution in [1.82, 2.24) is 15.0 Å². The van der Waals surface area contributed by atoms with Gasteiger partial charge in [0.05, 0.1) is 16.8 Å². The molecule has 1 N–H and O–H groups in total. The monoisotopic (exact) mass is 514 g/mol. The normalized spacial score (nSPS) is 15.5. The van der Waals surface area contributed by atoms with Crippen LogP contribution < -0.4 is 11.0 Å². The van der Waals surface area contributed by atoms with Crippen LogP contribution in [0.15, 0.2) is 81.8 Å². The number of rotatable bonds is 7. The number of thiophene rings is 1. The zero-order valence-corrected chi connectivity index (χ0v) is 21.5. The second-order valence-electron chi connectivity index (χ2n) is 8.77. The van der Waals surface area contributed by atoms with E-state index in [9.17, 15) is 9.59 Å². The van der Waals surface area contributed by atoms with Crippen molar-refractivity contribution in [3.05, 3.63) is 93.1 Å². The van der Waals surface area contributed by atoms with Gasteiger partial charge in [0.2, 0.25) is 0 Å². The number of hydrazone groups is 1. The van der Waals surface area contributed by atoms with E-state index >= 15 is 0 Å². The van der Waals surface area contributed by atoms with Crippen molar-refractivity contribution in [3.63, 3.8) is 0 Å². The first kappa shape index (κ1) is 24.2. The van der Waals surface area contributed by atoms with Gasteiger partial charge in [-0.3, -0.25) is 14.2 Å². The Morgan fingerprint density at radius 3 is 2.72 bits per heavy atom. The number of thioether (sulfide) groups is 1. The molecule has 1 amide bonds. The number of nitrogens with one attached hydrogen (secondary N) is 1. The zero-order chi connectivity index (χ0) is 24.9. The standard InChI is InChI=1S/C28H26N4O2S2/c1-19-14-15-22-23(17-19)36-26-25(22)27(34)32(21-12-6-3-7-13-21)28(30-26)35-18-24(33)31-29-16-8-11-20-9-4-2-5-10-20/h2-13,16,19H,14-15,17-18H2,1H3,(H,31,33)/b11-8+,29-16+. The minimum Gasteiger partial charge on any atom is -0.272 e. The highest BCUT2D eigenvalue weighted by atomic mass is 32.2. The van der Waals surface area contributed by atoms with Gasteiger partial charge < -0.3 is 0 Å². The molecule has 0 fully saturated rings. The Kier molecular flexibility index (Phi) is 7.44. The third kappa shape index (κ3) is 5.34. The Hall–Kier alpha value is -3.49. The fraction of sp³-hybridized carbons (Fsp3) is 0.214. The maximum atomic E-state index is 13.8. The minimum absolute atomic E-state index is 0.0646. The van der Waals surface area contributed by atoms with Gasteiger partial charge >= 0.3 is 0 Å². The average molecular weight is 515 g/mol. The lowest BCUT2D eigenvalue weighted by Crippen LogP contribution is -2.24.